The lowest BCUT2D eigenvalue weighted by molar-refractivity contribution is -0.141. The lowest BCUT2D eigenvalue weighted by Gasteiger charge is -2.22. The lowest BCUT2D eigenvalue weighted by atomic mass is 10.2. The number of anilines is 2. The van der Waals surface area contributed by atoms with Crippen molar-refractivity contribution in [2.24, 2.45) is 0 Å². The molecule has 0 spiro atoms. The summed E-state index contributed by atoms with van der Waals surface area (Å²) in [5, 5.41) is 0. The van der Waals surface area contributed by atoms with Crippen LogP contribution in [-0.2, 0) is 12.7 Å². The van der Waals surface area contributed by atoms with E-state index in [2.05, 4.69) is 9.97 Å². The van der Waals surface area contributed by atoms with E-state index in [1.165, 1.54) is 0 Å². The highest BCUT2D eigenvalue weighted by atomic mass is 19.4. The van der Waals surface area contributed by atoms with Gasteiger partial charge in [-0.15, -0.1) is 0 Å². The Morgan fingerprint density at radius 3 is 2.50 bits per heavy atom. The van der Waals surface area contributed by atoms with Crippen LogP contribution in [0.25, 0.3) is 0 Å². The molecule has 0 atom stereocenters. The highest BCUT2D eigenvalue weighted by molar-refractivity contribution is 5.66. The predicted molar refractivity (Wildman–Crippen MR) is 70.0 cm³/mol. The van der Waals surface area contributed by atoms with Gasteiger partial charge < -0.3 is 10.6 Å². The van der Waals surface area contributed by atoms with Crippen molar-refractivity contribution in [1.29, 1.82) is 0 Å². The molecule has 0 saturated heterocycles. The third-order valence-electron chi connectivity index (χ3n) is 2.78. The first-order valence-electron chi connectivity index (χ1n) is 5.80. The van der Waals surface area contributed by atoms with E-state index in [1.54, 1.807) is 36.5 Å². The van der Waals surface area contributed by atoms with E-state index in [0.717, 1.165) is 17.8 Å². The molecule has 2 aromatic rings. The van der Waals surface area contributed by atoms with Crippen LogP contribution >= 0.6 is 0 Å². The van der Waals surface area contributed by atoms with Crippen molar-refractivity contribution in [2.45, 2.75) is 12.7 Å². The summed E-state index contributed by atoms with van der Waals surface area (Å²) >= 11 is 0. The van der Waals surface area contributed by atoms with Gasteiger partial charge in [0.25, 0.3) is 0 Å². The van der Waals surface area contributed by atoms with Crippen LogP contribution in [0.4, 0.5) is 24.5 Å². The Morgan fingerprint density at radius 2 is 1.90 bits per heavy atom. The molecule has 0 amide bonds. The summed E-state index contributed by atoms with van der Waals surface area (Å²) in [6.07, 6.45) is -0.207. The van der Waals surface area contributed by atoms with Gasteiger partial charge in [0.1, 0.15) is 5.69 Å². The zero-order valence-electron chi connectivity index (χ0n) is 10.7. The van der Waals surface area contributed by atoms with Crippen molar-refractivity contribution < 1.29 is 13.2 Å². The molecular formula is C13H13F3N4. The molecule has 2 rings (SSSR count). The van der Waals surface area contributed by atoms with Crippen LogP contribution in [0.15, 0.2) is 36.8 Å². The first kappa shape index (κ1) is 14.1. The largest absolute Gasteiger partial charge is 0.433 e. The molecule has 2 N–H and O–H groups in total. The van der Waals surface area contributed by atoms with Gasteiger partial charge >= 0.3 is 6.18 Å². The summed E-state index contributed by atoms with van der Waals surface area (Å²) in [7, 11) is 1.67. The number of pyridine rings is 2. The van der Waals surface area contributed by atoms with Crippen molar-refractivity contribution >= 4 is 11.4 Å². The number of halogens is 3. The Kier molecular flexibility index (Phi) is 3.78. The zero-order valence-corrected chi connectivity index (χ0v) is 10.7. The van der Waals surface area contributed by atoms with Gasteiger partial charge in [0.15, 0.2) is 0 Å². The van der Waals surface area contributed by atoms with Gasteiger partial charge in [-0.3, -0.25) is 4.98 Å². The van der Waals surface area contributed by atoms with Crippen LogP contribution in [-0.4, -0.2) is 17.0 Å². The van der Waals surface area contributed by atoms with Crippen LogP contribution in [0.3, 0.4) is 0 Å². The third kappa shape index (κ3) is 3.17. The maximum atomic E-state index is 12.7. The quantitative estimate of drug-likeness (QED) is 0.940. The van der Waals surface area contributed by atoms with E-state index in [9.17, 15) is 13.2 Å². The van der Waals surface area contributed by atoms with E-state index >= 15 is 0 Å². The molecule has 20 heavy (non-hydrogen) atoms. The highest BCUT2D eigenvalue weighted by Crippen LogP contribution is 2.32. The van der Waals surface area contributed by atoms with Gasteiger partial charge in [0.05, 0.1) is 17.6 Å². The average molecular weight is 282 g/mol. The molecule has 0 unspecified atom stereocenters. The Labute approximate surface area is 114 Å². The molecule has 0 radical (unpaired) electrons. The summed E-state index contributed by atoms with van der Waals surface area (Å²) in [5.41, 5.74) is 6.17. The Hall–Kier alpha value is -2.31. The van der Waals surface area contributed by atoms with Crippen LogP contribution in [0, 0.1) is 0 Å². The minimum atomic E-state index is -4.49. The van der Waals surface area contributed by atoms with E-state index in [1.807, 2.05) is 0 Å². The SMILES string of the molecule is CN(Cc1ccncc1)c1cc(C(F)(F)F)ncc1N. The second-order valence-electron chi connectivity index (χ2n) is 4.34. The number of rotatable bonds is 3. The third-order valence-corrected chi connectivity index (χ3v) is 2.78. The first-order valence-corrected chi connectivity index (χ1v) is 5.80. The van der Waals surface area contributed by atoms with Crippen molar-refractivity contribution in [3.8, 4) is 0 Å². The van der Waals surface area contributed by atoms with Gasteiger partial charge in [-0.1, -0.05) is 0 Å². The Balaban J connectivity index is 2.27. The van der Waals surface area contributed by atoms with E-state index in [4.69, 9.17) is 5.73 Å². The van der Waals surface area contributed by atoms with E-state index < -0.39 is 11.9 Å². The summed E-state index contributed by atoms with van der Waals surface area (Å²) in [6, 6.07) is 4.54. The highest BCUT2D eigenvalue weighted by Gasteiger charge is 2.33. The fourth-order valence-corrected chi connectivity index (χ4v) is 1.79. The second kappa shape index (κ2) is 5.36. The number of nitrogen functional groups attached to an aromatic ring is 1. The fourth-order valence-electron chi connectivity index (χ4n) is 1.79. The van der Waals surface area contributed by atoms with E-state index in [0.29, 0.717) is 12.2 Å². The van der Waals surface area contributed by atoms with Gasteiger partial charge in [-0.25, -0.2) is 4.98 Å². The molecule has 2 aromatic heterocycles. The number of hydrogen-bond acceptors (Lipinski definition) is 4. The normalized spacial score (nSPS) is 11.4. The summed E-state index contributed by atoms with van der Waals surface area (Å²) in [4.78, 5) is 8.84. The van der Waals surface area contributed by atoms with Gasteiger partial charge in [0.2, 0.25) is 0 Å². The molecule has 106 valence electrons. The van der Waals surface area contributed by atoms with Crippen molar-refractivity contribution in [3.63, 3.8) is 0 Å². The topological polar surface area (TPSA) is 55.0 Å². The van der Waals surface area contributed by atoms with Crippen LogP contribution in [0.2, 0.25) is 0 Å². The molecule has 0 bridgehead atoms. The average Bonchev–Trinajstić information content (AvgIpc) is 2.39. The Morgan fingerprint density at radius 1 is 1.25 bits per heavy atom. The summed E-state index contributed by atoms with van der Waals surface area (Å²) < 4.78 is 38.0. The summed E-state index contributed by atoms with van der Waals surface area (Å²) in [6.45, 7) is 0.425. The maximum absolute atomic E-state index is 12.7. The van der Waals surface area contributed by atoms with Crippen molar-refractivity contribution in [3.05, 3.63) is 48.0 Å². The standard InChI is InChI=1S/C13H13F3N4/c1-20(8-9-2-4-18-5-3-9)11-6-12(13(14,15)16)19-7-10(11)17/h2-7H,8,17H2,1H3. The molecule has 7 heteroatoms. The summed E-state index contributed by atoms with van der Waals surface area (Å²) in [5.74, 6) is 0. The number of aromatic nitrogens is 2. The van der Waals surface area contributed by atoms with Crippen LogP contribution in [0.5, 0.6) is 0 Å². The molecular weight excluding hydrogens is 269 g/mol. The minimum absolute atomic E-state index is 0.203. The van der Waals surface area contributed by atoms with Gasteiger partial charge in [-0.2, -0.15) is 13.2 Å². The van der Waals surface area contributed by atoms with Crippen LogP contribution in [0.1, 0.15) is 11.3 Å². The minimum Gasteiger partial charge on any atom is -0.396 e. The molecule has 0 aliphatic rings. The van der Waals surface area contributed by atoms with E-state index in [-0.39, 0.29) is 5.69 Å². The molecule has 0 saturated carbocycles. The lowest BCUT2D eigenvalue weighted by Crippen LogP contribution is -2.19. The van der Waals surface area contributed by atoms with Gasteiger partial charge in [0, 0.05) is 26.0 Å². The Bertz CT molecular complexity index is 584. The molecule has 4 nitrogen and oxygen atoms in total. The molecule has 2 heterocycles. The van der Waals surface area contributed by atoms with Crippen molar-refractivity contribution in [1.82, 2.24) is 9.97 Å². The molecule has 0 aliphatic carbocycles. The smallest absolute Gasteiger partial charge is 0.396 e. The number of hydrogen-bond donors (Lipinski definition) is 1. The first-order chi connectivity index (χ1) is 9.38. The van der Waals surface area contributed by atoms with Gasteiger partial charge in [-0.05, 0) is 23.8 Å². The molecule has 0 aromatic carbocycles. The fraction of sp³-hybridized carbons (Fsp3) is 0.231. The number of alkyl halides is 3. The van der Waals surface area contributed by atoms with Crippen molar-refractivity contribution in [2.75, 3.05) is 17.7 Å². The maximum Gasteiger partial charge on any atom is 0.433 e. The second-order valence-corrected chi connectivity index (χ2v) is 4.34. The number of nitrogens with two attached hydrogens (primary N) is 1. The van der Waals surface area contributed by atoms with Crippen LogP contribution < -0.4 is 10.6 Å². The zero-order chi connectivity index (χ0) is 14.8. The monoisotopic (exact) mass is 282 g/mol. The number of nitrogens with zero attached hydrogens (tertiary/aromatic N) is 3. The predicted octanol–water partition coefficient (Wildman–Crippen LogP) is 2.71. The molecule has 0 fully saturated rings. The molecule has 0 aliphatic heterocycles.